The summed E-state index contributed by atoms with van der Waals surface area (Å²) in [5.41, 5.74) is 0. The third-order valence-electron chi connectivity index (χ3n) is 2.68. The molecule has 0 bridgehead atoms. The maximum atomic E-state index is 11.4. The fourth-order valence-corrected chi connectivity index (χ4v) is 1.86. The Morgan fingerprint density at radius 3 is 1.82 bits per heavy atom. The van der Waals surface area contributed by atoms with Crippen LogP contribution in [0.15, 0.2) is 0 Å². The van der Waals surface area contributed by atoms with Gasteiger partial charge in [-0.05, 0) is 6.92 Å². The summed E-state index contributed by atoms with van der Waals surface area (Å²) < 4.78 is 33.3. The summed E-state index contributed by atoms with van der Waals surface area (Å²) in [6.45, 7) is 3.63. The lowest BCUT2D eigenvalue weighted by Gasteiger charge is -2.33. The molecule has 5 atom stereocenters. The first kappa shape index (κ1) is 18.4. The second kappa shape index (κ2) is 10.1. The van der Waals surface area contributed by atoms with Gasteiger partial charge in [0.25, 0.3) is 0 Å². The number of carbonyl (C=O) groups is 3. The van der Waals surface area contributed by atoms with E-state index in [0.717, 1.165) is 6.92 Å². The molecular weight excluding hydrogens is 296 g/mol. The van der Waals surface area contributed by atoms with Crippen LogP contribution in [0.5, 0.6) is 0 Å². The fourth-order valence-electron chi connectivity index (χ4n) is 1.86. The van der Waals surface area contributed by atoms with Gasteiger partial charge in [0.1, 0.15) is 24.9 Å². The minimum atomic E-state index is -1.45. The van der Waals surface area contributed by atoms with E-state index < -0.39 is 48.9 Å². The molecule has 0 aromatic carbocycles. The molecular formula is C14H24O8. The summed E-state index contributed by atoms with van der Waals surface area (Å²) in [5.74, 6) is -1.88. The van der Waals surface area contributed by atoms with Gasteiger partial charge in [0.15, 0.2) is 6.10 Å². The second-order valence-corrected chi connectivity index (χ2v) is 4.53. The summed E-state index contributed by atoms with van der Waals surface area (Å²) in [5, 5.41) is 0. The van der Waals surface area contributed by atoms with Crippen molar-refractivity contribution in [3.63, 3.8) is 0 Å². The molecule has 0 N–H and O–H groups in total. The highest BCUT2D eigenvalue weighted by molar-refractivity contribution is 5.67. The number of esters is 3. The highest BCUT2D eigenvalue weighted by Gasteiger charge is 2.38. The summed E-state index contributed by atoms with van der Waals surface area (Å²) in [6, 6.07) is 0. The molecule has 128 valence electrons. The molecule has 0 saturated carbocycles. The molecule has 0 radical (unpaired) electrons. The van der Waals surface area contributed by atoms with Crippen LogP contribution >= 0.6 is 0 Å². The zero-order chi connectivity index (χ0) is 18.2. The number of ether oxygens (including phenoxy) is 5. The van der Waals surface area contributed by atoms with Crippen LogP contribution in [0.4, 0.5) is 0 Å². The second-order valence-electron chi connectivity index (χ2n) is 4.53. The molecule has 0 aromatic rings. The van der Waals surface area contributed by atoms with Gasteiger partial charge in [0.2, 0.25) is 0 Å². The molecule has 8 heteroatoms. The lowest BCUT2D eigenvalue weighted by atomic mass is 10.0. The van der Waals surface area contributed by atoms with Gasteiger partial charge < -0.3 is 23.7 Å². The Bertz CT molecular complexity index is 384. The van der Waals surface area contributed by atoms with Crippen LogP contribution in [0.25, 0.3) is 0 Å². The molecule has 0 spiro atoms. The third-order valence-corrected chi connectivity index (χ3v) is 2.68. The average molecular weight is 321 g/mol. The highest BCUT2D eigenvalue weighted by Crippen LogP contribution is 2.18. The van der Waals surface area contributed by atoms with E-state index >= 15 is 0 Å². The zero-order valence-electron chi connectivity index (χ0n) is 14.7. The van der Waals surface area contributed by atoms with Crippen LogP contribution in [-0.4, -0.2) is 63.1 Å². The smallest absolute Gasteiger partial charge is 0.303 e. The molecule has 8 nitrogen and oxygen atoms in total. The molecule has 0 aromatic heterocycles. The monoisotopic (exact) mass is 321 g/mol. The van der Waals surface area contributed by atoms with Crippen molar-refractivity contribution in [1.29, 1.82) is 0 Å². The molecule has 0 aliphatic carbocycles. The Labute approximate surface area is 131 Å². The molecule has 0 fully saturated rings. The normalized spacial score (nSPS) is 18.2. The van der Waals surface area contributed by atoms with Crippen molar-refractivity contribution in [2.75, 3.05) is 20.8 Å². The largest absolute Gasteiger partial charge is 0.463 e. The van der Waals surface area contributed by atoms with Gasteiger partial charge in [-0.15, -0.1) is 0 Å². The molecule has 0 saturated heterocycles. The van der Waals surface area contributed by atoms with Crippen molar-refractivity contribution in [2.24, 2.45) is 0 Å². The Morgan fingerprint density at radius 2 is 1.45 bits per heavy atom. The minimum absolute atomic E-state index is 0.544. The summed E-state index contributed by atoms with van der Waals surface area (Å²) in [4.78, 5) is 33.5. The van der Waals surface area contributed by atoms with Crippen molar-refractivity contribution < 1.29 is 39.4 Å². The molecule has 0 heterocycles. The first-order valence-electron chi connectivity index (χ1n) is 7.21. The summed E-state index contributed by atoms with van der Waals surface area (Å²) in [6.07, 6.45) is -3.97. The number of carbonyl (C=O) groups excluding carboxylic acids is 3. The number of rotatable bonds is 9. The van der Waals surface area contributed by atoms with E-state index in [1.807, 2.05) is 0 Å². The van der Waals surface area contributed by atoms with Crippen molar-refractivity contribution in [3.8, 4) is 0 Å². The van der Waals surface area contributed by atoms with Crippen LogP contribution < -0.4 is 0 Å². The van der Waals surface area contributed by atoms with Gasteiger partial charge in [-0.3, -0.25) is 14.4 Å². The average Bonchev–Trinajstić information content (AvgIpc) is 2.37. The third kappa shape index (κ3) is 7.37. The SMILES string of the molecule is [2H]C(OC(C)=O)[C@@H](OC)[C@@H](OC(C)=O)[C@H](OC)[C@@H](C)OC(C)=O. The lowest BCUT2D eigenvalue weighted by molar-refractivity contribution is -0.188. The van der Waals surface area contributed by atoms with Gasteiger partial charge in [0, 0.05) is 35.0 Å². The molecule has 1 unspecified atom stereocenters. The highest BCUT2D eigenvalue weighted by atomic mass is 16.6. The predicted molar refractivity (Wildman–Crippen MR) is 75.0 cm³/mol. The van der Waals surface area contributed by atoms with Crippen molar-refractivity contribution >= 4 is 17.9 Å². The van der Waals surface area contributed by atoms with Gasteiger partial charge in [0.05, 0.1) is 1.37 Å². The Hall–Kier alpha value is -1.67. The molecule has 0 rings (SSSR count). The zero-order valence-corrected chi connectivity index (χ0v) is 13.7. The van der Waals surface area contributed by atoms with E-state index in [9.17, 15) is 14.4 Å². The minimum Gasteiger partial charge on any atom is -0.463 e. The van der Waals surface area contributed by atoms with E-state index in [-0.39, 0.29) is 0 Å². The quantitative estimate of drug-likeness (QED) is 0.446. The molecule has 0 aliphatic heterocycles. The first-order valence-corrected chi connectivity index (χ1v) is 6.63. The van der Waals surface area contributed by atoms with Crippen LogP contribution in [0.1, 0.15) is 29.1 Å². The molecule has 0 amide bonds. The lowest BCUT2D eigenvalue weighted by Crippen LogP contribution is -2.50. The van der Waals surface area contributed by atoms with Crippen molar-refractivity contribution in [1.82, 2.24) is 0 Å². The maximum absolute atomic E-state index is 11.4. The maximum Gasteiger partial charge on any atom is 0.303 e. The summed E-state index contributed by atoms with van der Waals surface area (Å²) in [7, 11) is 2.61. The number of hydrogen-bond donors (Lipinski definition) is 0. The van der Waals surface area contributed by atoms with Crippen LogP contribution in [0, 0.1) is 0 Å². The molecule has 22 heavy (non-hydrogen) atoms. The Morgan fingerprint density at radius 1 is 0.909 bits per heavy atom. The van der Waals surface area contributed by atoms with Gasteiger partial charge in [-0.25, -0.2) is 0 Å². The number of hydrogen-bond acceptors (Lipinski definition) is 8. The van der Waals surface area contributed by atoms with Gasteiger partial charge >= 0.3 is 17.9 Å². The van der Waals surface area contributed by atoms with Gasteiger partial charge in [-0.1, -0.05) is 0 Å². The van der Waals surface area contributed by atoms with Crippen molar-refractivity contribution in [3.05, 3.63) is 0 Å². The van der Waals surface area contributed by atoms with E-state index in [0.29, 0.717) is 0 Å². The van der Waals surface area contributed by atoms with Crippen LogP contribution in [-0.2, 0) is 38.1 Å². The summed E-state index contributed by atoms with van der Waals surface area (Å²) >= 11 is 0. The Balaban J connectivity index is 5.44. The van der Waals surface area contributed by atoms with E-state index in [2.05, 4.69) is 0 Å². The van der Waals surface area contributed by atoms with Crippen molar-refractivity contribution in [2.45, 2.75) is 52.1 Å². The standard InChI is InChI=1S/C14H24O8/c1-8(21-10(3)16)13(19-6)14(22-11(4)17)12(18-5)7-20-9(2)15/h8,12-14H,7H2,1-6H3/t8-,12-,13-,14-/m1/s1/i7D/t7?,8-,12-,13-,14-. The van der Waals surface area contributed by atoms with E-state index in [1.165, 1.54) is 28.1 Å². The fraction of sp³-hybridized carbons (Fsp3) is 0.786. The first-order chi connectivity index (χ1) is 10.6. The predicted octanol–water partition coefficient (Wildman–Crippen LogP) is 0.463. The van der Waals surface area contributed by atoms with Crippen LogP contribution in [0.3, 0.4) is 0 Å². The van der Waals surface area contributed by atoms with E-state index in [1.54, 1.807) is 6.92 Å². The Kier molecular flexibility index (Phi) is 8.46. The molecule has 0 aliphatic rings. The van der Waals surface area contributed by atoms with Gasteiger partial charge in [-0.2, -0.15) is 0 Å². The van der Waals surface area contributed by atoms with Crippen LogP contribution in [0.2, 0.25) is 0 Å². The van der Waals surface area contributed by atoms with E-state index in [4.69, 9.17) is 25.1 Å². The topological polar surface area (TPSA) is 97.4 Å². The number of methoxy groups -OCH3 is 2.